The zero-order valence-electron chi connectivity index (χ0n) is 16.4. The van der Waals surface area contributed by atoms with E-state index in [1.807, 2.05) is 45.0 Å². The van der Waals surface area contributed by atoms with Crippen molar-refractivity contribution >= 4 is 35.0 Å². The topological polar surface area (TPSA) is 49.4 Å². The Kier molecular flexibility index (Phi) is 8.34. The van der Waals surface area contributed by atoms with Crippen LogP contribution in [0.1, 0.15) is 38.3 Å². The molecule has 0 heterocycles. The first-order chi connectivity index (χ1) is 13.3. The summed E-state index contributed by atoms with van der Waals surface area (Å²) in [7, 11) is 0. The van der Waals surface area contributed by atoms with Crippen molar-refractivity contribution in [2.75, 3.05) is 0 Å². The molecule has 2 aromatic carbocycles. The molecule has 0 radical (unpaired) electrons. The van der Waals surface area contributed by atoms with Crippen LogP contribution in [0, 0.1) is 0 Å². The second-order valence-electron chi connectivity index (χ2n) is 7.04. The quantitative estimate of drug-likeness (QED) is 0.661. The van der Waals surface area contributed by atoms with E-state index in [4.69, 9.17) is 23.2 Å². The van der Waals surface area contributed by atoms with Gasteiger partial charge in [0, 0.05) is 22.6 Å². The van der Waals surface area contributed by atoms with E-state index in [-0.39, 0.29) is 24.3 Å². The average Bonchev–Trinajstić information content (AvgIpc) is 2.62. The highest BCUT2D eigenvalue weighted by Gasteiger charge is 2.29. The van der Waals surface area contributed by atoms with E-state index in [1.165, 1.54) is 0 Å². The molecule has 0 saturated heterocycles. The lowest BCUT2D eigenvalue weighted by Crippen LogP contribution is -2.50. The molecule has 2 amide bonds. The van der Waals surface area contributed by atoms with Gasteiger partial charge in [-0.05, 0) is 55.7 Å². The molecule has 2 aromatic rings. The smallest absolute Gasteiger partial charge is 0.243 e. The number of nitrogens with zero attached hydrogens (tertiary/aromatic N) is 1. The van der Waals surface area contributed by atoms with Gasteiger partial charge in [0.05, 0.1) is 6.42 Å². The number of carbonyl (C=O) groups excluding carboxylic acids is 2. The molecule has 0 spiro atoms. The van der Waals surface area contributed by atoms with Crippen LogP contribution < -0.4 is 5.32 Å². The Bertz CT molecular complexity index is 806. The molecule has 4 nitrogen and oxygen atoms in total. The van der Waals surface area contributed by atoms with Gasteiger partial charge in [-0.25, -0.2) is 0 Å². The minimum Gasteiger partial charge on any atom is -0.352 e. The SMILES string of the molecule is CC[C@H](C(=O)NC(C)C)N(Cc1ccc(Cl)cc1)C(=O)Cc1cccc(Cl)c1. The third-order valence-corrected chi connectivity index (χ3v) is 4.81. The third kappa shape index (κ3) is 6.54. The Labute approximate surface area is 176 Å². The van der Waals surface area contributed by atoms with Crippen LogP contribution in [0.2, 0.25) is 10.0 Å². The van der Waals surface area contributed by atoms with Crippen LogP contribution in [0.3, 0.4) is 0 Å². The molecule has 0 saturated carbocycles. The summed E-state index contributed by atoms with van der Waals surface area (Å²) in [4.78, 5) is 27.5. The summed E-state index contributed by atoms with van der Waals surface area (Å²) in [6.45, 7) is 6.05. The lowest BCUT2D eigenvalue weighted by molar-refractivity contribution is -0.141. The van der Waals surface area contributed by atoms with Gasteiger partial charge in [-0.2, -0.15) is 0 Å². The van der Waals surface area contributed by atoms with Gasteiger partial charge in [-0.15, -0.1) is 0 Å². The van der Waals surface area contributed by atoms with Gasteiger partial charge in [-0.1, -0.05) is 54.4 Å². The van der Waals surface area contributed by atoms with E-state index in [0.717, 1.165) is 11.1 Å². The molecule has 0 aromatic heterocycles. The number of hydrogen-bond donors (Lipinski definition) is 1. The van der Waals surface area contributed by atoms with Crippen molar-refractivity contribution in [3.63, 3.8) is 0 Å². The molecule has 2 rings (SSSR count). The minimum absolute atomic E-state index is 0.00182. The summed E-state index contributed by atoms with van der Waals surface area (Å²) >= 11 is 12.0. The fourth-order valence-corrected chi connectivity index (χ4v) is 3.35. The number of halogens is 2. The van der Waals surface area contributed by atoms with E-state index >= 15 is 0 Å². The molecule has 1 atom stereocenters. The maximum absolute atomic E-state index is 13.2. The molecular weight excluding hydrogens is 395 g/mol. The van der Waals surface area contributed by atoms with Crippen molar-refractivity contribution in [2.45, 2.75) is 52.2 Å². The lowest BCUT2D eigenvalue weighted by Gasteiger charge is -2.31. The number of carbonyl (C=O) groups is 2. The highest BCUT2D eigenvalue weighted by atomic mass is 35.5. The number of rotatable bonds is 8. The molecule has 0 aliphatic carbocycles. The van der Waals surface area contributed by atoms with Gasteiger partial charge >= 0.3 is 0 Å². The molecule has 0 aliphatic heterocycles. The van der Waals surface area contributed by atoms with E-state index < -0.39 is 6.04 Å². The van der Waals surface area contributed by atoms with Crippen LogP contribution in [0.4, 0.5) is 0 Å². The largest absolute Gasteiger partial charge is 0.352 e. The molecule has 0 aliphatic rings. The molecule has 150 valence electrons. The van der Waals surface area contributed by atoms with Gasteiger partial charge < -0.3 is 10.2 Å². The van der Waals surface area contributed by atoms with Crippen molar-refractivity contribution in [3.05, 3.63) is 69.7 Å². The predicted molar refractivity (Wildman–Crippen MR) is 115 cm³/mol. The molecule has 28 heavy (non-hydrogen) atoms. The van der Waals surface area contributed by atoms with Crippen LogP contribution in [-0.4, -0.2) is 28.8 Å². The normalized spacial score (nSPS) is 11.9. The number of nitrogens with one attached hydrogen (secondary N) is 1. The molecule has 0 bridgehead atoms. The Balaban J connectivity index is 2.28. The van der Waals surface area contributed by atoms with Crippen molar-refractivity contribution in [3.8, 4) is 0 Å². The monoisotopic (exact) mass is 420 g/mol. The standard InChI is InChI=1S/C22H26Cl2N2O2/c1-4-20(22(28)25-15(2)3)26(14-16-8-10-18(23)11-9-16)21(27)13-17-6-5-7-19(24)12-17/h5-12,15,20H,4,13-14H2,1-3H3,(H,25,28)/t20-/m1/s1. The van der Waals surface area contributed by atoms with Gasteiger partial charge in [0.2, 0.25) is 11.8 Å². The van der Waals surface area contributed by atoms with Gasteiger partial charge in [0.25, 0.3) is 0 Å². The Morgan fingerprint density at radius 3 is 2.25 bits per heavy atom. The van der Waals surface area contributed by atoms with E-state index in [0.29, 0.717) is 23.0 Å². The molecule has 6 heteroatoms. The predicted octanol–water partition coefficient (Wildman–Crippen LogP) is 4.87. The second kappa shape index (κ2) is 10.5. The van der Waals surface area contributed by atoms with E-state index in [1.54, 1.807) is 29.2 Å². The van der Waals surface area contributed by atoms with E-state index in [9.17, 15) is 9.59 Å². The Hall–Kier alpha value is -2.04. The van der Waals surface area contributed by atoms with Crippen LogP contribution >= 0.6 is 23.2 Å². The summed E-state index contributed by atoms with van der Waals surface area (Å²) in [5.74, 6) is -0.270. The highest BCUT2D eigenvalue weighted by Crippen LogP contribution is 2.18. The second-order valence-corrected chi connectivity index (χ2v) is 7.92. The molecule has 0 unspecified atom stereocenters. The van der Waals surface area contributed by atoms with Crippen LogP contribution in [0.5, 0.6) is 0 Å². The zero-order valence-corrected chi connectivity index (χ0v) is 17.9. The van der Waals surface area contributed by atoms with Gasteiger partial charge in [-0.3, -0.25) is 9.59 Å². The fourth-order valence-electron chi connectivity index (χ4n) is 3.01. The summed E-state index contributed by atoms with van der Waals surface area (Å²) < 4.78 is 0. The first kappa shape index (κ1) is 22.3. The summed E-state index contributed by atoms with van der Waals surface area (Å²) in [6.07, 6.45) is 0.701. The van der Waals surface area contributed by atoms with Crippen LogP contribution in [0.25, 0.3) is 0 Å². The lowest BCUT2D eigenvalue weighted by atomic mass is 10.1. The minimum atomic E-state index is -0.551. The van der Waals surface area contributed by atoms with Crippen molar-refractivity contribution in [1.29, 1.82) is 0 Å². The highest BCUT2D eigenvalue weighted by molar-refractivity contribution is 6.30. The number of benzene rings is 2. The van der Waals surface area contributed by atoms with Crippen molar-refractivity contribution in [2.24, 2.45) is 0 Å². The summed E-state index contributed by atoms with van der Waals surface area (Å²) in [6, 6.07) is 14.0. The summed E-state index contributed by atoms with van der Waals surface area (Å²) in [5.41, 5.74) is 1.73. The summed E-state index contributed by atoms with van der Waals surface area (Å²) in [5, 5.41) is 4.13. The zero-order chi connectivity index (χ0) is 20.7. The van der Waals surface area contributed by atoms with Crippen molar-refractivity contribution in [1.82, 2.24) is 10.2 Å². The molecule has 0 fully saturated rings. The fraction of sp³-hybridized carbons (Fsp3) is 0.364. The maximum Gasteiger partial charge on any atom is 0.243 e. The van der Waals surface area contributed by atoms with Crippen molar-refractivity contribution < 1.29 is 9.59 Å². The van der Waals surface area contributed by atoms with Gasteiger partial charge in [0.15, 0.2) is 0 Å². The molecular formula is C22H26Cl2N2O2. The Morgan fingerprint density at radius 2 is 1.68 bits per heavy atom. The Morgan fingerprint density at radius 1 is 1.00 bits per heavy atom. The molecule has 1 N–H and O–H groups in total. The first-order valence-corrected chi connectivity index (χ1v) is 10.1. The maximum atomic E-state index is 13.2. The van der Waals surface area contributed by atoms with Gasteiger partial charge in [0.1, 0.15) is 6.04 Å². The number of hydrogen-bond acceptors (Lipinski definition) is 2. The average molecular weight is 421 g/mol. The van der Waals surface area contributed by atoms with E-state index in [2.05, 4.69) is 5.32 Å². The van der Waals surface area contributed by atoms with Crippen LogP contribution in [0.15, 0.2) is 48.5 Å². The number of amides is 2. The third-order valence-electron chi connectivity index (χ3n) is 4.33. The van der Waals surface area contributed by atoms with Crippen LogP contribution in [-0.2, 0) is 22.6 Å². The first-order valence-electron chi connectivity index (χ1n) is 9.39.